The molecular formula is C10H14F2N4. The van der Waals surface area contributed by atoms with Crippen LogP contribution in [0.3, 0.4) is 0 Å². The molecule has 0 amide bonds. The number of nitrogen functional groups attached to an aromatic ring is 1. The lowest BCUT2D eigenvalue weighted by atomic mass is 10.2. The van der Waals surface area contributed by atoms with Crippen LogP contribution < -0.4 is 16.2 Å². The summed E-state index contributed by atoms with van der Waals surface area (Å²) in [4.78, 5) is 5.69. The Kier molecular flexibility index (Phi) is 2.91. The fourth-order valence-corrected chi connectivity index (χ4v) is 2.01. The number of nitrogens with zero attached hydrogens (tertiary/aromatic N) is 2. The summed E-state index contributed by atoms with van der Waals surface area (Å²) in [5.74, 6) is 3.72. The minimum Gasteiger partial charge on any atom is -0.351 e. The quantitative estimate of drug-likeness (QED) is 0.596. The zero-order valence-electron chi connectivity index (χ0n) is 9.00. The molecule has 0 saturated carbocycles. The molecule has 1 aliphatic heterocycles. The Morgan fingerprint density at radius 2 is 2.25 bits per heavy atom. The minimum absolute atomic E-state index is 0.129. The van der Waals surface area contributed by atoms with E-state index in [-0.39, 0.29) is 17.7 Å². The van der Waals surface area contributed by atoms with Crippen LogP contribution in [-0.2, 0) is 0 Å². The molecule has 1 aliphatic rings. The maximum atomic E-state index is 13.6. The lowest BCUT2D eigenvalue weighted by molar-refractivity contribution is 0.567. The largest absolute Gasteiger partial charge is 0.351 e. The lowest BCUT2D eigenvalue weighted by Crippen LogP contribution is -2.29. The van der Waals surface area contributed by atoms with Crippen molar-refractivity contribution in [3.63, 3.8) is 0 Å². The third-order valence-electron chi connectivity index (χ3n) is 2.87. The number of hydrogen-bond donors (Lipinski definition) is 2. The van der Waals surface area contributed by atoms with Crippen LogP contribution in [0.4, 0.5) is 20.4 Å². The molecule has 2 rings (SSSR count). The molecule has 16 heavy (non-hydrogen) atoms. The normalized spacial score (nSPS) is 20.2. The molecule has 1 aromatic heterocycles. The molecule has 0 spiro atoms. The van der Waals surface area contributed by atoms with E-state index < -0.39 is 11.6 Å². The van der Waals surface area contributed by atoms with Crippen molar-refractivity contribution in [3.8, 4) is 0 Å². The summed E-state index contributed by atoms with van der Waals surface area (Å²) in [6.45, 7) is 2.73. The predicted molar refractivity (Wildman–Crippen MR) is 58.0 cm³/mol. The van der Waals surface area contributed by atoms with Crippen LogP contribution in [-0.4, -0.2) is 17.6 Å². The average Bonchev–Trinajstić information content (AvgIpc) is 2.65. The van der Waals surface area contributed by atoms with Crippen LogP contribution >= 0.6 is 0 Å². The molecule has 1 unspecified atom stereocenters. The van der Waals surface area contributed by atoms with Gasteiger partial charge in [-0.05, 0) is 19.8 Å². The first-order valence-electron chi connectivity index (χ1n) is 5.22. The van der Waals surface area contributed by atoms with Crippen molar-refractivity contribution in [2.45, 2.75) is 25.8 Å². The number of nitrogens with one attached hydrogen (secondary N) is 1. The zero-order chi connectivity index (χ0) is 11.7. The summed E-state index contributed by atoms with van der Waals surface area (Å²) in [7, 11) is 0. The summed E-state index contributed by atoms with van der Waals surface area (Å²) in [6.07, 6.45) is 1.98. The second-order valence-electron chi connectivity index (χ2n) is 3.95. The summed E-state index contributed by atoms with van der Waals surface area (Å²) < 4.78 is 26.7. The molecule has 1 aromatic rings. The van der Waals surface area contributed by atoms with Crippen LogP contribution in [0, 0.1) is 11.6 Å². The first kappa shape index (κ1) is 11.1. The number of anilines is 2. The Morgan fingerprint density at radius 3 is 2.81 bits per heavy atom. The van der Waals surface area contributed by atoms with Crippen molar-refractivity contribution >= 4 is 11.6 Å². The van der Waals surface area contributed by atoms with Gasteiger partial charge in [-0.15, -0.1) is 0 Å². The molecule has 88 valence electrons. The second kappa shape index (κ2) is 4.21. The number of hydrogen-bond acceptors (Lipinski definition) is 4. The van der Waals surface area contributed by atoms with E-state index >= 15 is 0 Å². The molecule has 3 N–H and O–H groups in total. The Hall–Kier alpha value is -1.43. The maximum Gasteiger partial charge on any atom is 0.178 e. The number of hydrazine groups is 1. The third kappa shape index (κ3) is 1.80. The highest BCUT2D eigenvalue weighted by molar-refractivity contribution is 5.50. The van der Waals surface area contributed by atoms with Gasteiger partial charge in [0.25, 0.3) is 0 Å². The summed E-state index contributed by atoms with van der Waals surface area (Å²) >= 11 is 0. The number of pyridine rings is 1. The first-order chi connectivity index (χ1) is 7.63. The van der Waals surface area contributed by atoms with Crippen LogP contribution in [0.5, 0.6) is 0 Å². The van der Waals surface area contributed by atoms with Crippen molar-refractivity contribution in [1.29, 1.82) is 0 Å². The topological polar surface area (TPSA) is 54.2 Å². The Labute approximate surface area is 92.4 Å². The van der Waals surface area contributed by atoms with E-state index in [2.05, 4.69) is 10.4 Å². The molecule has 0 aliphatic carbocycles. The molecule has 1 saturated heterocycles. The van der Waals surface area contributed by atoms with E-state index in [4.69, 9.17) is 5.84 Å². The van der Waals surface area contributed by atoms with Gasteiger partial charge in [-0.2, -0.15) is 0 Å². The summed E-state index contributed by atoms with van der Waals surface area (Å²) in [6, 6.07) is 1.03. The van der Waals surface area contributed by atoms with Crippen molar-refractivity contribution in [1.82, 2.24) is 4.98 Å². The Morgan fingerprint density at radius 1 is 1.50 bits per heavy atom. The second-order valence-corrected chi connectivity index (χ2v) is 3.95. The molecular weight excluding hydrogens is 214 g/mol. The monoisotopic (exact) mass is 228 g/mol. The fraction of sp³-hybridized carbons (Fsp3) is 0.500. The molecule has 1 fully saturated rings. The zero-order valence-corrected chi connectivity index (χ0v) is 9.00. The molecule has 0 aromatic carbocycles. The van der Waals surface area contributed by atoms with E-state index in [1.165, 1.54) is 0 Å². The fourth-order valence-electron chi connectivity index (χ4n) is 2.01. The highest BCUT2D eigenvalue weighted by Crippen LogP contribution is 2.28. The molecule has 6 heteroatoms. The smallest absolute Gasteiger partial charge is 0.178 e. The van der Waals surface area contributed by atoms with Gasteiger partial charge in [0.1, 0.15) is 0 Å². The molecule has 1 atom stereocenters. The van der Waals surface area contributed by atoms with Crippen LogP contribution in [0.15, 0.2) is 6.07 Å². The van der Waals surface area contributed by atoms with E-state index in [1.807, 2.05) is 11.8 Å². The number of aromatic nitrogens is 1. The van der Waals surface area contributed by atoms with Crippen LogP contribution in [0.25, 0.3) is 0 Å². The standard InChI is InChI=1S/C10H14F2N4/c1-6-3-2-4-16(6)10-8(12)5-7(11)9(14-10)15-13/h5-6H,2-4,13H2,1H3,(H,14,15). The van der Waals surface area contributed by atoms with Gasteiger partial charge in [-0.3, -0.25) is 0 Å². The molecule has 0 radical (unpaired) electrons. The predicted octanol–water partition coefficient (Wildman–Crippen LogP) is 1.63. The maximum absolute atomic E-state index is 13.6. The number of halogens is 2. The Balaban J connectivity index is 2.39. The molecule has 0 bridgehead atoms. The summed E-state index contributed by atoms with van der Waals surface area (Å²) in [5, 5.41) is 0. The van der Waals surface area contributed by atoms with Gasteiger partial charge in [-0.1, -0.05) is 0 Å². The van der Waals surface area contributed by atoms with E-state index in [0.29, 0.717) is 0 Å². The summed E-state index contributed by atoms with van der Waals surface area (Å²) in [5.41, 5.74) is 2.12. The molecule has 2 heterocycles. The molecule has 4 nitrogen and oxygen atoms in total. The number of nitrogens with two attached hydrogens (primary N) is 1. The van der Waals surface area contributed by atoms with Crippen LogP contribution in [0.1, 0.15) is 19.8 Å². The Bertz CT molecular complexity index is 397. The number of rotatable bonds is 2. The van der Waals surface area contributed by atoms with Gasteiger partial charge >= 0.3 is 0 Å². The minimum atomic E-state index is -0.782. The van der Waals surface area contributed by atoms with Crippen LogP contribution in [0.2, 0.25) is 0 Å². The first-order valence-corrected chi connectivity index (χ1v) is 5.22. The van der Waals surface area contributed by atoms with Gasteiger partial charge in [0, 0.05) is 18.7 Å². The van der Waals surface area contributed by atoms with Gasteiger partial charge in [0.2, 0.25) is 0 Å². The third-order valence-corrected chi connectivity index (χ3v) is 2.87. The SMILES string of the molecule is CC1CCCN1c1nc(NN)c(F)cc1F. The van der Waals surface area contributed by atoms with E-state index in [0.717, 1.165) is 25.5 Å². The highest BCUT2D eigenvalue weighted by atomic mass is 19.1. The van der Waals surface area contributed by atoms with Crippen molar-refractivity contribution < 1.29 is 8.78 Å². The van der Waals surface area contributed by atoms with E-state index in [9.17, 15) is 8.78 Å². The van der Waals surface area contributed by atoms with Gasteiger partial charge < -0.3 is 10.3 Å². The van der Waals surface area contributed by atoms with Crippen molar-refractivity contribution in [2.75, 3.05) is 16.9 Å². The van der Waals surface area contributed by atoms with Crippen molar-refractivity contribution in [3.05, 3.63) is 17.7 Å². The van der Waals surface area contributed by atoms with Gasteiger partial charge in [-0.25, -0.2) is 19.6 Å². The van der Waals surface area contributed by atoms with E-state index in [1.54, 1.807) is 0 Å². The van der Waals surface area contributed by atoms with Gasteiger partial charge in [0.15, 0.2) is 23.3 Å². The lowest BCUT2D eigenvalue weighted by Gasteiger charge is -2.23. The van der Waals surface area contributed by atoms with Crippen molar-refractivity contribution in [2.24, 2.45) is 5.84 Å². The highest BCUT2D eigenvalue weighted by Gasteiger charge is 2.25. The average molecular weight is 228 g/mol. The van der Waals surface area contributed by atoms with Gasteiger partial charge in [0.05, 0.1) is 0 Å².